The van der Waals surface area contributed by atoms with Crippen LogP contribution in [0.2, 0.25) is 0 Å². The number of fused-ring (bicyclic) bond motifs is 3. The van der Waals surface area contributed by atoms with Gasteiger partial charge < -0.3 is 26.0 Å². The van der Waals surface area contributed by atoms with Gasteiger partial charge in [0.15, 0.2) is 11.6 Å². The number of carbonyl (C=O) groups excluding carboxylic acids is 4. The Morgan fingerprint density at radius 3 is 2.37 bits per heavy atom. The van der Waals surface area contributed by atoms with E-state index in [9.17, 15) is 34.5 Å². The molecule has 0 saturated heterocycles. The van der Waals surface area contributed by atoms with Crippen molar-refractivity contribution < 1.29 is 34.5 Å². The van der Waals surface area contributed by atoms with Crippen molar-refractivity contribution in [3.8, 4) is 5.75 Å². The number of aromatic hydroxyl groups is 1. The van der Waals surface area contributed by atoms with Crippen molar-refractivity contribution in [2.75, 3.05) is 26.7 Å². The number of aliphatic hydroxyl groups is 2. The minimum atomic E-state index is -2.08. The Balaban J connectivity index is 1.96. The van der Waals surface area contributed by atoms with Gasteiger partial charge in [0.05, 0.1) is 24.0 Å². The Morgan fingerprint density at radius 1 is 1.16 bits per heavy atom. The first-order chi connectivity index (χ1) is 17.7. The number of aliphatic hydroxyl groups excluding tert-OH is 1. The van der Waals surface area contributed by atoms with Gasteiger partial charge in [-0.3, -0.25) is 19.2 Å². The second-order valence-corrected chi connectivity index (χ2v) is 12.4. The number of hydrogen-bond donors (Lipinski definition) is 4. The molecule has 2 fully saturated rings. The monoisotopic (exact) mass is 528 g/mol. The number of nitrogens with zero attached hydrogens (tertiary/aromatic N) is 1. The molecule has 6 unspecified atom stereocenters. The molecular weight excluding hydrogens is 488 g/mol. The number of Topliss-reactive ketones (excluding diaryl/α,β-unsaturated/α-hetero) is 3. The number of phenolic OH excluding ortho intramolecular Hbond substituents is 1. The first-order valence-electron chi connectivity index (χ1n) is 13.5. The minimum absolute atomic E-state index is 0.0492. The van der Waals surface area contributed by atoms with E-state index in [1.807, 2.05) is 32.6 Å². The lowest BCUT2D eigenvalue weighted by atomic mass is 9.45. The summed E-state index contributed by atoms with van der Waals surface area (Å²) in [5, 5.41) is 32.4. The van der Waals surface area contributed by atoms with Gasteiger partial charge in [-0.05, 0) is 48.9 Å². The molecule has 0 heterocycles. The fourth-order valence-electron chi connectivity index (χ4n) is 7.71. The molecule has 1 aromatic rings. The third-order valence-corrected chi connectivity index (χ3v) is 9.28. The van der Waals surface area contributed by atoms with Crippen LogP contribution in [0.5, 0.6) is 5.75 Å². The number of hydrogen-bond acceptors (Lipinski definition) is 8. The predicted molar refractivity (Wildman–Crippen MR) is 139 cm³/mol. The van der Waals surface area contributed by atoms with Crippen molar-refractivity contribution in [2.24, 2.45) is 40.7 Å². The highest BCUT2D eigenvalue weighted by Crippen LogP contribution is 2.59. The van der Waals surface area contributed by atoms with Gasteiger partial charge in [0.1, 0.15) is 17.1 Å². The topological polar surface area (TPSA) is 158 Å². The molecule has 1 amide bonds. The van der Waals surface area contributed by atoms with E-state index in [1.165, 1.54) is 6.07 Å². The standard InChI is InChI=1S/C29H40N2O7/c1-14(2)16-6-7-20(33)22-17(16)10-28(13-31(5)8-9-32)12-19-21(15(3)4)24(34)18(27(30)37)11-29(19,38)26(36)23(28)25(22)35/h6-7,14-15,18-19,21,23,32-33,38H,8-13H2,1-5H3,(H2,30,37). The number of rotatable bonds is 7. The summed E-state index contributed by atoms with van der Waals surface area (Å²) < 4.78 is 0. The van der Waals surface area contributed by atoms with E-state index in [1.54, 1.807) is 13.1 Å². The molecule has 0 radical (unpaired) electrons. The van der Waals surface area contributed by atoms with Crippen molar-refractivity contribution in [3.05, 3.63) is 28.8 Å². The van der Waals surface area contributed by atoms with E-state index in [-0.39, 0.29) is 48.5 Å². The molecule has 1 aromatic carbocycles. The van der Waals surface area contributed by atoms with Gasteiger partial charge in [-0.1, -0.05) is 33.8 Å². The third-order valence-electron chi connectivity index (χ3n) is 9.28. The lowest BCUT2D eigenvalue weighted by molar-refractivity contribution is -0.186. The van der Waals surface area contributed by atoms with Gasteiger partial charge in [-0.25, -0.2) is 0 Å². The van der Waals surface area contributed by atoms with Crippen molar-refractivity contribution in [1.29, 1.82) is 0 Å². The molecule has 3 aliphatic rings. The summed E-state index contributed by atoms with van der Waals surface area (Å²) >= 11 is 0. The quantitative estimate of drug-likeness (QED) is 0.387. The Labute approximate surface area is 223 Å². The summed E-state index contributed by atoms with van der Waals surface area (Å²) in [6, 6.07) is 3.27. The summed E-state index contributed by atoms with van der Waals surface area (Å²) in [5.41, 5.74) is 4.18. The lowest BCUT2D eigenvalue weighted by Gasteiger charge is -2.58. The number of nitrogens with two attached hydrogens (primary N) is 1. The summed E-state index contributed by atoms with van der Waals surface area (Å²) in [4.78, 5) is 56.2. The number of amides is 1. The molecular formula is C29H40N2O7. The van der Waals surface area contributed by atoms with E-state index >= 15 is 0 Å². The van der Waals surface area contributed by atoms with Crippen LogP contribution in [0.3, 0.4) is 0 Å². The van der Waals surface area contributed by atoms with Crippen LogP contribution >= 0.6 is 0 Å². The van der Waals surface area contributed by atoms with Crippen molar-refractivity contribution in [2.45, 2.75) is 58.5 Å². The van der Waals surface area contributed by atoms with Gasteiger partial charge >= 0.3 is 0 Å². The SMILES string of the molecule is CC(C)c1ccc(O)c2c1CC1(CN(C)CCO)CC3C(C(C)C)C(=O)C(C(N)=O)CC3(O)C(=O)C1C2=O. The zero-order chi connectivity index (χ0) is 28.3. The highest BCUT2D eigenvalue weighted by Gasteiger charge is 2.68. The van der Waals surface area contributed by atoms with Gasteiger partial charge in [-0.2, -0.15) is 0 Å². The van der Waals surface area contributed by atoms with Crippen molar-refractivity contribution >= 4 is 23.3 Å². The largest absolute Gasteiger partial charge is 0.507 e. The molecule has 208 valence electrons. The summed E-state index contributed by atoms with van der Waals surface area (Å²) in [7, 11) is 1.80. The van der Waals surface area contributed by atoms with E-state index in [0.29, 0.717) is 18.5 Å². The molecule has 2 saturated carbocycles. The Kier molecular flexibility index (Phi) is 7.35. The van der Waals surface area contributed by atoms with Crippen LogP contribution in [0.15, 0.2) is 12.1 Å². The molecule has 6 atom stereocenters. The molecule has 0 bridgehead atoms. The number of benzene rings is 1. The molecule has 9 nitrogen and oxygen atoms in total. The molecule has 0 aliphatic heterocycles. The second kappa shape index (κ2) is 9.84. The van der Waals surface area contributed by atoms with E-state index in [4.69, 9.17) is 5.73 Å². The van der Waals surface area contributed by atoms with E-state index < -0.39 is 58.6 Å². The number of ketones is 3. The fourth-order valence-corrected chi connectivity index (χ4v) is 7.71. The molecule has 0 aromatic heterocycles. The Hall–Kier alpha value is -2.62. The number of likely N-dealkylation sites (N-methyl/N-ethyl adjacent to an activating group) is 1. The summed E-state index contributed by atoms with van der Waals surface area (Å²) in [6.45, 7) is 8.11. The zero-order valence-electron chi connectivity index (χ0n) is 22.9. The smallest absolute Gasteiger partial charge is 0.228 e. The molecule has 9 heteroatoms. The van der Waals surface area contributed by atoms with Gasteiger partial charge in [0, 0.05) is 36.8 Å². The second-order valence-electron chi connectivity index (χ2n) is 12.4. The summed E-state index contributed by atoms with van der Waals surface area (Å²) in [5.74, 6) is -7.13. The minimum Gasteiger partial charge on any atom is -0.507 e. The maximum Gasteiger partial charge on any atom is 0.228 e. The van der Waals surface area contributed by atoms with Crippen LogP contribution in [0.4, 0.5) is 0 Å². The normalized spacial score (nSPS) is 32.9. The lowest BCUT2D eigenvalue weighted by Crippen LogP contribution is -2.70. The number of primary amides is 1. The maximum absolute atomic E-state index is 14.4. The van der Waals surface area contributed by atoms with Crippen molar-refractivity contribution in [3.63, 3.8) is 0 Å². The molecule has 0 spiro atoms. The molecule has 38 heavy (non-hydrogen) atoms. The number of carbonyl (C=O) groups is 4. The average Bonchev–Trinajstić information content (AvgIpc) is 2.79. The average molecular weight is 529 g/mol. The van der Waals surface area contributed by atoms with Crippen LogP contribution < -0.4 is 5.73 Å². The first kappa shape index (κ1) is 28.4. The molecule has 3 aliphatic carbocycles. The van der Waals surface area contributed by atoms with Crippen LogP contribution in [-0.4, -0.2) is 75.8 Å². The van der Waals surface area contributed by atoms with Gasteiger partial charge in [0.25, 0.3) is 0 Å². The van der Waals surface area contributed by atoms with Crippen LogP contribution in [0.25, 0.3) is 0 Å². The van der Waals surface area contributed by atoms with E-state index in [2.05, 4.69) is 0 Å². The van der Waals surface area contributed by atoms with Gasteiger partial charge in [0.2, 0.25) is 5.91 Å². The summed E-state index contributed by atoms with van der Waals surface area (Å²) in [6.07, 6.45) is 0.0617. The Morgan fingerprint density at radius 2 is 1.82 bits per heavy atom. The highest BCUT2D eigenvalue weighted by atomic mass is 16.3. The van der Waals surface area contributed by atoms with Crippen molar-refractivity contribution in [1.82, 2.24) is 4.90 Å². The molecule has 5 N–H and O–H groups in total. The van der Waals surface area contributed by atoms with Crippen LogP contribution in [-0.2, 0) is 20.8 Å². The number of phenols is 1. The zero-order valence-corrected chi connectivity index (χ0v) is 22.9. The van der Waals surface area contributed by atoms with Gasteiger partial charge in [-0.15, -0.1) is 0 Å². The Bertz CT molecular complexity index is 1180. The third kappa shape index (κ3) is 4.19. The molecule has 4 rings (SSSR count). The van der Waals surface area contributed by atoms with E-state index in [0.717, 1.165) is 5.56 Å². The first-order valence-corrected chi connectivity index (χ1v) is 13.5. The fraction of sp³-hybridized carbons (Fsp3) is 0.655. The van der Waals surface area contributed by atoms with Crippen LogP contribution in [0.1, 0.15) is 67.9 Å². The maximum atomic E-state index is 14.4. The van der Waals surface area contributed by atoms with Crippen LogP contribution in [0, 0.1) is 35.0 Å². The predicted octanol–water partition coefficient (Wildman–Crippen LogP) is 1.45. The highest BCUT2D eigenvalue weighted by molar-refractivity contribution is 6.18.